The number of carbonyl (C=O) groups is 1. The average Bonchev–Trinajstić information content (AvgIpc) is 2.97. The third-order valence-corrected chi connectivity index (χ3v) is 5.48. The Hall–Kier alpha value is -2.57. The fourth-order valence-corrected chi connectivity index (χ4v) is 4.21. The second kappa shape index (κ2) is 7.98. The quantitative estimate of drug-likeness (QED) is 0.616. The Balaban J connectivity index is 2.24. The average molecular weight is 382 g/mol. The molecule has 140 valence electrons. The lowest BCUT2D eigenvalue weighted by Crippen LogP contribution is -2.05. The summed E-state index contributed by atoms with van der Waals surface area (Å²) in [5, 5.41) is 20.1. The maximum absolute atomic E-state index is 11.7. The molecule has 2 aromatic carbocycles. The number of benzene rings is 2. The largest absolute Gasteiger partial charge is 0.478 e. The molecule has 27 heavy (non-hydrogen) atoms. The van der Waals surface area contributed by atoms with Crippen LogP contribution >= 0.6 is 11.8 Å². The van der Waals surface area contributed by atoms with Crippen molar-refractivity contribution >= 4 is 17.7 Å². The Kier molecular flexibility index (Phi) is 5.68. The van der Waals surface area contributed by atoms with Gasteiger partial charge in [0.1, 0.15) is 10.9 Å². The van der Waals surface area contributed by atoms with Crippen molar-refractivity contribution in [3.63, 3.8) is 0 Å². The van der Waals surface area contributed by atoms with Crippen molar-refractivity contribution in [2.24, 2.45) is 0 Å². The highest BCUT2D eigenvalue weighted by atomic mass is 32.2. The van der Waals surface area contributed by atoms with Crippen LogP contribution in [0.25, 0.3) is 16.8 Å². The number of rotatable bonds is 6. The van der Waals surface area contributed by atoms with Crippen molar-refractivity contribution in [2.75, 3.05) is 5.75 Å². The maximum Gasteiger partial charge on any atom is 0.336 e. The van der Waals surface area contributed by atoms with E-state index in [1.807, 2.05) is 48.7 Å². The molecule has 0 aliphatic heterocycles. The Morgan fingerprint density at radius 3 is 2.48 bits per heavy atom. The van der Waals surface area contributed by atoms with Crippen molar-refractivity contribution in [3.8, 4) is 16.8 Å². The van der Waals surface area contributed by atoms with Gasteiger partial charge in [-0.15, -0.1) is 11.8 Å². The zero-order valence-electron chi connectivity index (χ0n) is 15.6. The van der Waals surface area contributed by atoms with Gasteiger partial charge >= 0.3 is 5.97 Å². The van der Waals surface area contributed by atoms with E-state index in [2.05, 4.69) is 11.9 Å². The van der Waals surface area contributed by atoms with Gasteiger partial charge in [0.05, 0.1) is 23.6 Å². The van der Waals surface area contributed by atoms with Gasteiger partial charge < -0.3 is 10.2 Å². The molecule has 3 rings (SSSR count). The molecule has 0 atom stereocenters. The van der Waals surface area contributed by atoms with Crippen LogP contribution in [-0.4, -0.2) is 31.5 Å². The predicted octanol–water partition coefficient (Wildman–Crippen LogP) is 4.46. The zero-order chi connectivity index (χ0) is 19.6. The Morgan fingerprint density at radius 1 is 1.11 bits per heavy atom. The lowest BCUT2D eigenvalue weighted by Gasteiger charge is -2.17. The lowest BCUT2D eigenvalue weighted by atomic mass is 9.95. The van der Waals surface area contributed by atoms with Crippen LogP contribution < -0.4 is 0 Å². The summed E-state index contributed by atoms with van der Waals surface area (Å²) in [6, 6.07) is 12.9. The number of aryl methyl sites for hydroxylation is 1. The molecule has 0 saturated heterocycles. The van der Waals surface area contributed by atoms with Crippen LogP contribution in [0.2, 0.25) is 0 Å². The van der Waals surface area contributed by atoms with Crippen molar-refractivity contribution in [1.82, 2.24) is 9.55 Å². The van der Waals surface area contributed by atoms with Crippen molar-refractivity contribution in [2.45, 2.75) is 32.4 Å². The SMILES string of the molecule is CCSc1c(CO)nc(C)n1-c1cccc(-c2ccccc2C(=O)O)c1C. The monoisotopic (exact) mass is 382 g/mol. The molecule has 0 radical (unpaired) electrons. The van der Waals surface area contributed by atoms with E-state index in [9.17, 15) is 15.0 Å². The van der Waals surface area contributed by atoms with Gasteiger partial charge in [0, 0.05) is 0 Å². The number of hydrogen-bond acceptors (Lipinski definition) is 4. The van der Waals surface area contributed by atoms with Gasteiger partial charge in [-0.05, 0) is 48.4 Å². The summed E-state index contributed by atoms with van der Waals surface area (Å²) in [7, 11) is 0. The van der Waals surface area contributed by atoms with Gasteiger partial charge in [0.25, 0.3) is 0 Å². The van der Waals surface area contributed by atoms with Gasteiger partial charge in [-0.3, -0.25) is 4.57 Å². The Bertz CT molecular complexity index is 995. The van der Waals surface area contributed by atoms with E-state index in [4.69, 9.17) is 0 Å². The molecule has 6 heteroatoms. The second-order valence-electron chi connectivity index (χ2n) is 6.14. The van der Waals surface area contributed by atoms with Gasteiger partial charge in [-0.25, -0.2) is 9.78 Å². The summed E-state index contributed by atoms with van der Waals surface area (Å²) in [6.07, 6.45) is 0. The molecule has 0 spiro atoms. The van der Waals surface area contributed by atoms with E-state index in [1.165, 1.54) is 0 Å². The van der Waals surface area contributed by atoms with Crippen molar-refractivity contribution in [1.29, 1.82) is 0 Å². The van der Waals surface area contributed by atoms with Gasteiger partial charge in [0.15, 0.2) is 0 Å². The van der Waals surface area contributed by atoms with E-state index in [0.717, 1.165) is 33.4 Å². The Morgan fingerprint density at radius 2 is 1.81 bits per heavy atom. The van der Waals surface area contributed by atoms with Crippen LogP contribution in [0.15, 0.2) is 47.5 Å². The molecule has 0 saturated carbocycles. The lowest BCUT2D eigenvalue weighted by molar-refractivity contribution is 0.0697. The molecular weight excluding hydrogens is 360 g/mol. The van der Waals surface area contributed by atoms with Crippen molar-refractivity contribution in [3.05, 3.63) is 65.1 Å². The number of aromatic nitrogens is 2. The number of carboxylic acids is 1. The molecule has 1 aromatic heterocycles. The van der Waals surface area contributed by atoms with Gasteiger partial charge in [-0.1, -0.05) is 37.3 Å². The first-order valence-electron chi connectivity index (χ1n) is 8.74. The van der Waals surface area contributed by atoms with Crippen LogP contribution in [-0.2, 0) is 6.61 Å². The van der Waals surface area contributed by atoms with Crippen molar-refractivity contribution < 1.29 is 15.0 Å². The molecule has 3 aromatic rings. The minimum absolute atomic E-state index is 0.114. The van der Waals surface area contributed by atoms with E-state index in [0.29, 0.717) is 11.3 Å². The van der Waals surface area contributed by atoms with E-state index < -0.39 is 5.97 Å². The second-order valence-corrected chi connectivity index (χ2v) is 7.39. The van der Waals surface area contributed by atoms with E-state index in [-0.39, 0.29) is 12.2 Å². The molecule has 0 amide bonds. The number of nitrogens with zero attached hydrogens (tertiary/aromatic N) is 2. The summed E-state index contributed by atoms with van der Waals surface area (Å²) in [4.78, 5) is 16.2. The summed E-state index contributed by atoms with van der Waals surface area (Å²) in [5.41, 5.74) is 4.41. The van der Waals surface area contributed by atoms with Crippen LogP contribution in [0.1, 0.15) is 34.4 Å². The number of aliphatic hydroxyl groups is 1. The molecule has 0 bridgehead atoms. The highest BCUT2D eigenvalue weighted by Gasteiger charge is 2.19. The standard InChI is InChI=1S/C21H22N2O3S/c1-4-27-20-18(12-24)22-14(3)23(20)19-11-7-10-15(13(19)2)16-8-5-6-9-17(16)21(25)26/h5-11,24H,4,12H2,1-3H3,(H,25,26). The minimum Gasteiger partial charge on any atom is -0.478 e. The molecular formula is C21H22N2O3S. The van der Waals surface area contributed by atoms with Crippen LogP contribution in [0.5, 0.6) is 0 Å². The summed E-state index contributed by atoms with van der Waals surface area (Å²) in [6.45, 7) is 5.85. The zero-order valence-corrected chi connectivity index (χ0v) is 16.4. The molecule has 5 nitrogen and oxygen atoms in total. The van der Waals surface area contributed by atoms with Gasteiger partial charge in [-0.2, -0.15) is 0 Å². The molecule has 0 aliphatic rings. The van der Waals surface area contributed by atoms with E-state index in [1.54, 1.807) is 23.9 Å². The minimum atomic E-state index is -0.945. The molecule has 1 heterocycles. The fraction of sp³-hybridized carbons (Fsp3) is 0.238. The maximum atomic E-state index is 11.7. The van der Waals surface area contributed by atoms with Crippen LogP contribution in [0.3, 0.4) is 0 Å². The van der Waals surface area contributed by atoms with Gasteiger partial charge in [0.2, 0.25) is 0 Å². The third-order valence-electron chi connectivity index (χ3n) is 4.49. The number of carboxylic acid groups (broad SMARTS) is 1. The number of thioether (sulfide) groups is 1. The molecule has 2 N–H and O–H groups in total. The number of aliphatic hydroxyl groups excluding tert-OH is 1. The first-order valence-corrected chi connectivity index (χ1v) is 9.72. The molecule has 0 unspecified atom stereocenters. The number of hydrogen-bond donors (Lipinski definition) is 2. The molecule has 0 aliphatic carbocycles. The topological polar surface area (TPSA) is 75.4 Å². The normalized spacial score (nSPS) is 11.0. The summed E-state index contributed by atoms with van der Waals surface area (Å²) < 4.78 is 2.04. The first-order chi connectivity index (χ1) is 13.0. The fourth-order valence-electron chi connectivity index (χ4n) is 3.30. The highest BCUT2D eigenvalue weighted by Crippen LogP contribution is 2.34. The first kappa shape index (κ1) is 19.2. The van der Waals surface area contributed by atoms with Crippen LogP contribution in [0.4, 0.5) is 0 Å². The Labute approximate surface area is 162 Å². The third kappa shape index (κ3) is 3.50. The number of imidazole rings is 1. The van der Waals surface area contributed by atoms with Crippen LogP contribution in [0, 0.1) is 13.8 Å². The highest BCUT2D eigenvalue weighted by molar-refractivity contribution is 7.99. The molecule has 0 fully saturated rings. The summed E-state index contributed by atoms with van der Waals surface area (Å²) in [5.74, 6) is 0.708. The van der Waals surface area contributed by atoms with E-state index >= 15 is 0 Å². The summed E-state index contributed by atoms with van der Waals surface area (Å²) >= 11 is 1.63. The smallest absolute Gasteiger partial charge is 0.336 e. The predicted molar refractivity (Wildman–Crippen MR) is 108 cm³/mol. The number of aromatic carboxylic acids is 1.